The van der Waals surface area contributed by atoms with Gasteiger partial charge in [-0.05, 0) is 12.8 Å². The molecule has 0 atom stereocenters. The lowest BCUT2D eigenvalue weighted by Crippen LogP contribution is -2.24. The van der Waals surface area contributed by atoms with Crippen molar-refractivity contribution in [3.8, 4) is 0 Å². The molecule has 72 valence electrons. The third-order valence-electron chi connectivity index (χ3n) is 2.45. The second kappa shape index (κ2) is 4.24. The van der Waals surface area contributed by atoms with Crippen LogP contribution in [-0.2, 0) is 6.54 Å². The van der Waals surface area contributed by atoms with Gasteiger partial charge in [0.25, 0.3) is 4.80 Å². The maximum absolute atomic E-state index is 5.29. The maximum atomic E-state index is 5.29. The molecule has 0 spiro atoms. The minimum Gasteiger partial charge on any atom is -0.435 e. The summed E-state index contributed by atoms with van der Waals surface area (Å²) in [4.78, 5) is 4.54. The number of oxazole rings is 1. The molecule has 1 fully saturated rings. The van der Waals surface area contributed by atoms with E-state index in [4.69, 9.17) is 4.42 Å². The third-order valence-corrected chi connectivity index (χ3v) is 2.81. The molecule has 1 saturated carbocycles. The Morgan fingerprint density at radius 2 is 2.31 bits per heavy atom. The lowest BCUT2D eigenvalue weighted by atomic mass is 10.2. The Labute approximate surface area is 86.0 Å². The summed E-state index contributed by atoms with van der Waals surface area (Å²) in [6, 6.07) is 0.684. The van der Waals surface area contributed by atoms with Gasteiger partial charge < -0.3 is 9.73 Å². The maximum Gasteiger partial charge on any atom is 0.264 e. The Morgan fingerprint density at radius 3 is 2.92 bits per heavy atom. The molecule has 1 aliphatic rings. The molecule has 0 unspecified atom stereocenters. The fraction of sp³-hybridized carbons (Fsp3) is 0.667. The van der Waals surface area contributed by atoms with Crippen LogP contribution in [0.5, 0.6) is 0 Å². The van der Waals surface area contributed by atoms with E-state index in [1.54, 1.807) is 6.20 Å². The average Bonchev–Trinajstić information content (AvgIpc) is 2.71. The van der Waals surface area contributed by atoms with Crippen molar-refractivity contribution in [2.75, 3.05) is 0 Å². The van der Waals surface area contributed by atoms with Crippen LogP contribution in [0.15, 0.2) is 15.4 Å². The van der Waals surface area contributed by atoms with E-state index >= 15 is 0 Å². The molecule has 1 heterocycles. The SMILES string of the molecule is Brc1ncc(CNC2CCCC2)o1. The molecule has 0 amide bonds. The Morgan fingerprint density at radius 1 is 1.54 bits per heavy atom. The molecule has 0 aromatic carbocycles. The van der Waals surface area contributed by atoms with E-state index in [0.29, 0.717) is 10.8 Å². The zero-order valence-corrected chi connectivity index (χ0v) is 9.01. The Kier molecular flexibility index (Phi) is 3.01. The third kappa shape index (κ3) is 2.54. The van der Waals surface area contributed by atoms with Crippen molar-refractivity contribution in [1.29, 1.82) is 0 Å². The summed E-state index contributed by atoms with van der Waals surface area (Å²) >= 11 is 3.18. The van der Waals surface area contributed by atoms with Crippen LogP contribution in [0, 0.1) is 0 Å². The van der Waals surface area contributed by atoms with Crippen molar-refractivity contribution in [1.82, 2.24) is 10.3 Å². The number of aromatic nitrogens is 1. The van der Waals surface area contributed by atoms with E-state index in [1.165, 1.54) is 25.7 Å². The van der Waals surface area contributed by atoms with Gasteiger partial charge >= 0.3 is 0 Å². The smallest absolute Gasteiger partial charge is 0.264 e. The van der Waals surface area contributed by atoms with E-state index < -0.39 is 0 Å². The molecule has 1 aromatic heterocycles. The summed E-state index contributed by atoms with van der Waals surface area (Å²) in [6.07, 6.45) is 7.08. The predicted octanol–water partition coefficient (Wildman–Crippen LogP) is 2.47. The number of rotatable bonds is 3. The first-order chi connectivity index (χ1) is 6.34. The quantitative estimate of drug-likeness (QED) is 0.888. The fourth-order valence-electron chi connectivity index (χ4n) is 1.74. The van der Waals surface area contributed by atoms with E-state index in [1.807, 2.05) is 0 Å². The summed E-state index contributed by atoms with van der Waals surface area (Å²) in [7, 11) is 0. The van der Waals surface area contributed by atoms with E-state index in [0.717, 1.165) is 12.3 Å². The fourth-order valence-corrected chi connectivity index (χ4v) is 2.05. The molecule has 0 aliphatic heterocycles. The normalized spacial score (nSPS) is 18.2. The number of hydrogen-bond donors (Lipinski definition) is 1. The molecule has 4 heteroatoms. The molecule has 0 bridgehead atoms. The summed E-state index contributed by atoms with van der Waals surface area (Å²) in [5.41, 5.74) is 0. The molecular weight excluding hydrogens is 232 g/mol. The number of nitrogens with zero attached hydrogens (tertiary/aromatic N) is 1. The van der Waals surface area contributed by atoms with Crippen molar-refractivity contribution in [2.24, 2.45) is 0 Å². The molecule has 1 aliphatic carbocycles. The molecule has 0 radical (unpaired) electrons. The molecule has 2 rings (SSSR count). The van der Waals surface area contributed by atoms with Gasteiger partial charge in [-0.3, -0.25) is 0 Å². The number of hydrogen-bond acceptors (Lipinski definition) is 3. The van der Waals surface area contributed by atoms with Gasteiger partial charge in [0, 0.05) is 22.0 Å². The highest BCUT2D eigenvalue weighted by Crippen LogP contribution is 2.18. The van der Waals surface area contributed by atoms with E-state index in [9.17, 15) is 0 Å². The zero-order chi connectivity index (χ0) is 9.10. The predicted molar refractivity (Wildman–Crippen MR) is 53.3 cm³/mol. The highest BCUT2D eigenvalue weighted by Gasteiger charge is 2.14. The monoisotopic (exact) mass is 244 g/mol. The van der Waals surface area contributed by atoms with Crippen LogP contribution in [0.25, 0.3) is 0 Å². The highest BCUT2D eigenvalue weighted by molar-refractivity contribution is 9.10. The van der Waals surface area contributed by atoms with Gasteiger partial charge in [-0.2, -0.15) is 0 Å². The Balaban J connectivity index is 1.78. The first-order valence-electron chi connectivity index (χ1n) is 4.68. The van der Waals surface area contributed by atoms with E-state index in [-0.39, 0.29) is 0 Å². The summed E-state index contributed by atoms with van der Waals surface area (Å²) < 4.78 is 5.29. The van der Waals surface area contributed by atoms with Crippen molar-refractivity contribution in [2.45, 2.75) is 38.3 Å². The van der Waals surface area contributed by atoms with Crippen LogP contribution >= 0.6 is 15.9 Å². The Hall–Kier alpha value is -0.350. The van der Waals surface area contributed by atoms with Crippen molar-refractivity contribution >= 4 is 15.9 Å². The van der Waals surface area contributed by atoms with E-state index in [2.05, 4.69) is 26.2 Å². The van der Waals surface area contributed by atoms with Crippen LogP contribution in [0.4, 0.5) is 0 Å². The average molecular weight is 245 g/mol. The molecule has 0 saturated heterocycles. The molecule has 1 N–H and O–H groups in total. The zero-order valence-electron chi connectivity index (χ0n) is 7.42. The number of nitrogens with one attached hydrogen (secondary N) is 1. The van der Waals surface area contributed by atoms with Gasteiger partial charge in [-0.25, -0.2) is 4.98 Å². The largest absolute Gasteiger partial charge is 0.435 e. The second-order valence-electron chi connectivity index (χ2n) is 3.44. The van der Waals surface area contributed by atoms with Crippen molar-refractivity contribution < 1.29 is 4.42 Å². The second-order valence-corrected chi connectivity index (χ2v) is 4.12. The van der Waals surface area contributed by atoms with Gasteiger partial charge in [0.1, 0.15) is 5.76 Å². The first-order valence-corrected chi connectivity index (χ1v) is 5.47. The lowest BCUT2D eigenvalue weighted by Gasteiger charge is -2.08. The summed E-state index contributed by atoms with van der Waals surface area (Å²) in [5, 5.41) is 3.46. The first kappa shape index (κ1) is 9.21. The minimum absolute atomic E-state index is 0.565. The Bertz CT molecular complexity index is 268. The molecule has 1 aromatic rings. The topological polar surface area (TPSA) is 38.1 Å². The van der Waals surface area contributed by atoms with Gasteiger partial charge in [-0.15, -0.1) is 0 Å². The molecular formula is C9H13BrN2O. The minimum atomic E-state index is 0.565. The summed E-state index contributed by atoms with van der Waals surface area (Å²) in [6.45, 7) is 0.795. The van der Waals surface area contributed by atoms with Gasteiger partial charge in [0.15, 0.2) is 0 Å². The molecule has 3 nitrogen and oxygen atoms in total. The van der Waals surface area contributed by atoms with Crippen LogP contribution in [-0.4, -0.2) is 11.0 Å². The van der Waals surface area contributed by atoms with Crippen LogP contribution in [0.1, 0.15) is 31.4 Å². The van der Waals surface area contributed by atoms with Crippen LogP contribution in [0.3, 0.4) is 0 Å². The molecule has 13 heavy (non-hydrogen) atoms. The van der Waals surface area contributed by atoms with Crippen LogP contribution < -0.4 is 5.32 Å². The summed E-state index contributed by atoms with van der Waals surface area (Å²) in [5.74, 6) is 0.902. The van der Waals surface area contributed by atoms with Crippen molar-refractivity contribution in [3.63, 3.8) is 0 Å². The van der Waals surface area contributed by atoms with Gasteiger partial charge in [-0.1, -0.05) is 12.8 Å². The highest BCUT2D eigenvalue weighted by atomic mass is 79.9. The van der Waals surface area contributed by atoms with Crippen LogP contribution in [0.2, 0.25) is 0 Å². The van der Waals surface area contributed by atoms with Gasteiger partial charge in [0.05, 0.1) is 12.7 Å². The number of halogens is 1. The standard InChI is InChI=1S/C9H13BrN2O/c10-9-12-6-8(13-9)5-11-7-3-1-2-4-7/h6-7,11H,1-5H2. The lowest BCUT2D eigenvalue weighted by molar-refractivity contribution is 0.431. The van der Waals surface area contributed by atoms with Crippen molar-refractivity contribution in [3.05, 3.63) is 16.8 Å². The van der Waals surface area contributed by atoms with Gasteiger partial charge in [0.2, 0.25) is 0 Å².